The molecule has 0 bridgehead atoms. The minimum atomic E-state index is 0.569. The highest BCUT2D eigenvalue weighted by Crippen LogP contribution is 2.23. The van der Waals surface area contributed by atoms with Crippen LogP contribution in [-0.4, -0.2) is 19.7 Å². The molecule has 16 heavy (non-hydrogen) atoms. The summed E-state index contributed by atoms with van der Waals surface area (Å²) >= 11 is 0. The fourth-order valence-electron chi connectivity index (χ4n) is 2.40. The molecule has 0 radical (unpaired) electrons. The highest BCUT2D eigenvalue weighted by Gasteiger charge is 2.20. The van der Waals surface area contributed by atoms with Crippen LogP contribution < -0.4 is 10.8 Å². The first-order chi connectivity index (χ1) is 7.79. The SMILES string of the molecule is Cc1cccc(N2CCCC(CON)C2)c1. The average Bonchev–Trinajstić information content (AvgIpc) is 2.30. The molecule has 1 atom stereocenters. The molecular formula is C13H20N2O. The van der Waals surface area contributed by atoms with Gasteiger partial charge in [0.25, 0.3) is 0 Å². The van der Waals surface area contributed by atoms with E-state index in [9.17, 15) is 0 Å². The fraction of sp³-hybridized carbons (Fsp3) is 0.538. The largest absolute Gasteiger partial charge is 0.371 e. The maximum absolute atomic E-state index is 5.15. The van der Waals surface area contributed by atoms with Crippen LogP contribution in [-0.2, 0) is 4.84 Å². The third-order valence-corrected chi connectivity index (χ3v) is 3.22. The van der Waals surface area contributed by atoms with E-state index in [1.165, 1.54) is 24.1 Å². The number of benzene rings is 1. The van der Waals surface area contributed by atoms with E-state index in [4.69, 9.17) is 10.7 Å². The van der Waals surface area contributed by atoms with Crippen LogP contribution in [0, 0.1) is 12.8 Å². The van der Waals surface area contributed by atoms with Crippen LogP contribution >= 0.6 is 0 Å². The van der Waals surface area contributed by atoms with E-state index in [0.29, 0.717) is 12.5 Å². The van der Waals surface area contributed by atoms with Gasteiger partial charge in [0.2, 0.25) is 0 Å². The third kappa shape index (κ3) is 2.74. The Morgan fingerprint density at radius 1 is 1.50 bits per heavy atom. The zero-order valence-corrected chi connectivity index (χ0v) is 9.86. The molecule has 0 amide bonds. The molecule has 2 N–H and O–H groups in total. The molecule has 1 aliphatic heterocycles. The number of nitrogens with zero attached hydrogens (tertiary/aromatic N) is 1. The van der Waals surface area contributed by atoms with Gasteiger partial charge in [-0.15, -0.1) is 0 Å². The van der Waals surface area contributed by atoms with E-state index in [2.05, 4.69) is 36.1 Å². The minimum Gasteiger partial charge on any atom is -0.371 e. The van der Waals surface area contributed by atoms with Crippen molar-refractivity contribution in [2.45, 2.75) is 19.8 Å². The summed E-state index contributed by atoms with van der Waals surface area (Å²) in [6.45, 7) is 5.00. The summed E-state index contributed by atoms with van der Waals surface area (Å²) in [6.07, 6.45) is 2.45. The topological polar surface area (TPSA) is 38.5 Å². The molecule has 2 rings (SSSR count). The van der Waals surface area contributed by atoms with Gasteiger partial charge in [0.15, 0.2) is 0 Å². The van der Waals surface area contributed by atoms with Gasteiger partial charge < -0.3 is 9.74 Å². The van der Waals surface area contributed by atoms with E-state index in [-0.39, 0.29) is 0 Å². The Hall–Kier alpha value is -1.06. The van der Waals surface area contributed by atoms with E-state index in [1.807, 2.05) is 0 Å². The van der Waals surface area contributed by atoms with Crippen LogP contribution in [0.1, 0.15) is 18.4 Å². The van der Waals surface area contributed by atoms with Gasteiger partial charge in [-0.2, -0.15) is 0 Å². The highest BCUT2D eigenvalue weighted by molar-refractivity contribution is 5.48. The summed E-state index contributed by atoms with van der Waals surface area (Å²) < 4.78 is 0. The molecule has 88 valence electrons. The molecule has 3 nitrogen and oxygen atoms in total. The molecule has 1 heterocycles. The van der Waals surface area contributed by atoms with Crippen molar-refractivity contribution in [2.75, 3.05) is 24.6 Å². The number of hydrogen-bond acceptors (Lipinski definition) is 3. The lowest BCUT2D eigenvalue weighted by atomic mass is 9.98. The average molecular weight is 220 g/mol. The van der Waals surface area contributed by atoms with Gasteiger partial charge in [0.05, 0.1) is 6.61 Å². The lowest BCUT2D eigenvalue weighted by molar-refractivity contribution is 0.0951. The third-order valence-electron chi connectivity index (χ3n) is 3.22. The van der Waals surface area contributed by atoms with Crippen molar-refractivity contribution in [2.24, 2.45) is 11.8 Å². The summed E-state index contributed by atoms with van der Waals surface area (Å²) in [7, 11) is 0. The van der Waals surface area contributed by atoms with Crippen LogP contribution in [0.25, 0.3) is 0 Å². The Morgan fingerprint density at radius 2 is 2.38 bits per heavy atom. The van der Waals surface area contributed by atoms with Crippen molar-refractivity contribution >= 4 is 5.69 Å². The van der Waals surface area contributed by atoms with Gasteiger partial charge in [-0.05, 0) is 37.5 Å². The smallest absolute Gasteiger partial charge is 0.0724 e. The monoisotopic (exact) mass is 220 g/mol. The predicted molar refractivity (Wildman–Crippen MR) is 66.3 cm³/mol. The van der Waals surface area contributed by atoms with Crippen molar-refractivity contribution in [3.63, 3.8) is 0 Å². The van der Waals surface area contributed by atoms with Crippen molar-refractivity contribution in [3.8, 4) is 0 Å². The predicted octanol–water partition coefficient (Wildman–Crippen LogP) is 2.10. The van der Waals surface area contributed by atoms with Crippen molar-refractivity contribution < 1.29 is 4.84 Å². The number of piperidine rings is 1. The summed E-state index contributed by atoms with van der Waals surface area (Å²) in [6, 6.07) is 8.67. The van der Waals surface area contributed by atoms with Gasteiger partial charge in [0.1, 0.15) is 0 Å². The summed E-state index contributed by atoms with van der Waals surface area (Å²) in [4.78, 5) is 7.19. The van der Waals surface area contributed by atoms with Gasteiger partial charge in [-0.25, -0.2) is 5.90 Å². The minimum absolute atomic E-state index is 0.569. The van der Waals surface area contributed by atoms with Crippen molar-refractivity contribution in [1.29, 1.82) is 0 Å². The van der Waals surface area contributed by atoms with E-state index in [0.717, 1.165) is 13.1 Å². The Bertz CT molecular complexity index is 338. The lowest BCUT2D eigenvalue weighted by Crippen LogP contribution is -2.37. The molecule has 0 aliphatic carbocycles. The first-order valence-corrected chi connectivity index (χ1v) is 5.93. The maximum atomic E-state index is 5.15. The normalized spacial score (nSPS) is 21.1. The van der Waals surface area contributed by atoms with Gasteiger partial charge in [-0.1, -0.05) is 12.1 Å². The summed E-state index contributed by atoms with van der Waals surface area (Å²) in [5.41, 5.74) is 2.64. The molecule has 1 unspecified atom stereocenters. The van der Waals surface area contributed by atoms with Crippen molar-refractivity contribution in [3.05, 3.63) is 29.8 Å². The summed E-state index contributed by atoms with van der Waals surface area (Å²) in [5, 5.41) is 0. The van der Waals surface area contributed by atoms with Crippen molar-refractivity contribution in [1.82, 2.24) is 0 Å². The first-order valence-electron chi connectivity index (χ1n) is 5.93. The van der Waals surface area contributed by atoms with E-state index in [1.54, 1.807) is 0 Å². The number of anilines is 1. The zero-order chi connectivity index (χ0) is 11.4. The summed E-state index contributed by atoms with van der Waals surface area (Å²) in [5.74, 6) is 5.72. The van der Waals surface area contributed by atoms with Gasteiger partial charge in [0, 0.05) is 24.7 Å². The second-order valence-corrected chi connectivity index (χ2v) is 4.63. The van der Waals surface area contributed by atoms with E-state index >= 15 is 0 Å². The lowest BCUT2D eigenvalue weighted by Gasteiger charge is -2.34. The molecule has 1 aliphatic rings. The zero-order valence-electron chi connectivity index (χ0n) is 9.86. The molecule has 1 fully saturated rings. The second-order valence-electron chi connectivity index (χ2n) is 4.63. The standard InChI is InChI=1S/C13H20N2O/c1-11-4-2-6-13(8-11)15-7-3-5-12(9-15)10-16-14/h2,4,6,8,12H,3,5,7,9-10,14H2,1H3. The van der Waals surface area contributed by atoms with Gasteiger partial charge >= 0.3 is 0 Å². The number of nitrogens with two attached hydrogens (primary N) is 1. The Balaban J connectivity index is 2.03. The molecule has 1 aromatic carbocycles. The van der Waals surface area contributed by atoms with Crippen LogP contribution in [0.3, 0.4) is 0 Å². The number of aryl methyl sites for hydroxylation is 1. The number of rotatable bonds is 3. The Morgan fingerprint density at radius 3 is 3.12 bits per heavy atom. The van der Waals surface area contributed by atoms with Crippen LogP contribution in [0.4, 0.5) is 5.69 Å². The Kier molecular flexibility index (Phi) is 3.80. The fourth-order valence-corrected chi connectivity index (χ4v) is 2.40. The second kappa shape index (κ2) is 5.32. The highest BCUT2D eigenvalue weighted by atomic mass is 16.6. The number of hydrogen-bond donors (Lipinski definition) is 1. The molecule has 1 aromatic rings. The molecular weight excluding hydrogens is 200 g/mol. The van der Waals surface area contributed by atoms with Gasteiger partial charge in [-0.3, -0.25) is 0 Å². The molecule has 3 heteroatoms. The van der Waals surface area contributed by atoms with Crippen LogP contribution in [0.15, 0.2) is 24.3 Å². The quantitative estimate of drug-likeness (QED) is 0.793. The molecule has 0 spiro atoms. The Labute approximate surface area is 97.1 Å². The molecule has 0 aromatic heterocycles. The first kappa shape index (κ1) is 11.4. The van der Waals surface area contributed by atoms with Crippen LogP contribution in [0.5, 0.6) is 0 Å². The molecule has 1 saturated heterocycles. The van der Waals surface area contributed by atoms with Crippen LogP contribution in [0.2, 0.25) is 0 Å². The van der Waals surface area contributed by atoms with E-state index < -0.39 is 0 Å². The maximum Gasteiger partial charge on any atom is 0.0724 e. The molecule has 0 saturated carbocycles.